The number of fused-ring (bicyclic) bond motifs is 3. The predicted molar refractivity (Wildman–Crippen MR) is 93.5 cm³/mol. The van der Waals surface area contributed by atoms with Crippen molar-refractivity contribution in [3.05, 3.63) is 41.2 Å². The van der Waals surface area contributed by atoms with Crippen molar-refractivity contribution in [3.63, 3.8) is 0 Å². The normalized spacial score (nSPS) is 12.6. The highest BCUT2D eigenvalue weighted by atomic mass is 15.1. The maximum absolute atomic E-state index is 9.63. The third-order valence-corrected chi connectivity index (χ3v) is 4.51. The van der Waals surface area contributed by atoms with Gasteiger partial charge in [-0.1, -0.05) is 13.8 Å². The lowest BCUT2D eigenvalue weighted by molar-refractivity contribution is 0.774. The van der Waals surface area contributed by atoms with Gasteiger partial charge in [0.15, 0.2) is 0 Å². The van der Waals surface area contributed by atoms with Crippen molar-refractivity contribution in [2.75, 3.05) is 5.73 Å². The van der Waals surface area contributed by atoms with Crippen molar-refractivity contribution in [2.24, 2.45) is 0 Å². The molecule has 7 nitrogen and oxygen atoms in total. The molecular formula is C18H17N7. The topological polar surface area (TPSA) is 117 Å². The quantitative estimate of drug-likeness (QED) is 0.745. The molecule has 1 aliphatic carbocycles. The van der Waals surface area contributed by atoms with E-state index in [1.54, 1.807) is 18.6 Å². The van der Waals surface area contributed by atoms with Gasteiger partial charge in [-0.3, -0.25) is 5.10 Å². The number of nitriles is 1. The van der Waals surface area contributed by atoms with Crippen LogP contribution in [-0.4, -0.2) is 25.1 Å². The molecular weight excluding hydrogens is 314 g/mol. The lowest BCUT2D eigenvalue weighted by Gasteiger charge is -2.20. The van der Waals surface area contributed by atoms with Crippen LogP contribution >= 0.6 is 0 Å². The number of nitrogens with zero attached hydrogens (tertiary/aromatic N) is 5. The second-order valence-corrected chi connectivity index (χ2v) is 6.43. The summed E-state index contributed by atoms with van der Waals surface area (Å²) in [5, 5.41) is 16.7. The van der Waals surface area contributed by atoms with Crippen LogP contribution in [0, 0.1) is 11.3 Å². The minimum absolute atomic E-state index is 0.221. The monoisotopic (exact) mass is 331 g/mol. The van der Waals surface area contributed by atoms with Gasteiger partial charge in [0.2, 0.25) is 0 Å². The van der Waals surface area contributed by atoms with E-state index in [0.717, 1.165) is 52.3 Å². The fourth-order valence-electron chi connectivity index (χ4n) is 3.26. The summed E-state index contributed by atoms with van der Waals surface area (Å²) >= 11 is 0. The van der Waals surface area contributed by atoms with Crippen LogP contribution < -0.4 is 5.73 Å². The molecule has 0 aromatic carbocycles. The van der Waals surface area contributed by atoms with Crippen LogP contribution in [0.5, 0.6) is 0 Å². The van der Waals surface area contributed by atoms with E-state index in [1.807, 2.05) is 13.8 Å². The lowest BCUT2D eigenvalue weighted by Crippen LogP contribution is -2.11. The van der Waals surface area contributed by atoms with Gasteiger partial charge in [-0.15, -0.1) is 0 Å². The average Bonchev–Trinajstić information content (AvgIpc) is 3.10. The molecule has 0 atom stereocenters. The summed E-state index contributed by atoms with van der Waals surface area (Å²) in [5.74, 6) is 1.24. The lowest BCUT2D eigenvalue weighted by atomic mass is 9.86. The summed E-state index contributed by atoms with van der Waals surface area (Å²) in [6.45, 7) is 4.09. The molecule has 3 aromatic heterocycles. The Bertz CT molecular complexity index is 993. The molecule has 124 valence electrons. The van der Waals surface area contributed by atoms with Gasteiger partial charge in [0, 0.05) is 40.7 Å². The van der Waals surface area contributed by atoms with Crippen LogP contribution in [0.25, 0.3) is 22.4 Å². The number of pyridine rings is 1. The van der Waals surface area contributed by atoms with Crippen LogP contribution in [0.2, 0.25) is 0 Å². The number of rotatable bonds is 2. The zero-order valence-electron chi connectivity index (χ0n) is 14.0. The number of anilines is 1. The van der Waals surface area contributed by atoms with Crippen molar-refractivity contribution in [2.45, 2.75) is 32.6 Å². The maximum atomic E-state index is 9.63. The second kappa shape index (κ2) is 5.67. The molecule has 0 saturated heterocycles. The Morgan fingerprint density at radius 2 is 1.96 bits per heavy atom. The second-order valence-electron chi connectivity index (χ2n) is 6.43. The summed E-state index contributed by atoms with van der Waals surface area (Å²) in [6.07, 6.45) is 6.87. The van der Waals surface area contributed by atoms with E-state index >= 15 is 0 Å². The Morgan fingerprint density at radius 3 is 2.64 bits per heavy atom. The smallest absolute Gasteiger partial charge is 0.142 e. The van der Waals surface area contributed by atoms with Gasteiger partial charge in [-0.25, -0.2) is 15.0 Å². The van der Waals surface area contributed by atoms with E-state index in [-0.39, 0.29) is 11.7 Å². The van der Waals surface area contributed by atoms with Crippen LogP contribution in [0.15, 0.2) is 18.6 Å². The highest BCUT2D eigenvalue weighted by molar-refractivity contribution is 5.85. The zero-order valence-corrected chi connectivity index (χ0v) is 14.0. The average molecular weight is 331 g/mol. The molecule has 25 heavy (non-hydrogen) atoms. The number of aromatic amines is 1. The van der Waals surface area contributed by atoms with Crippen molar-refractivity contribution in [1.29, 1.82) is 5.26 Å². The molecule has 0 fully saturated rings. The first-order valence-corrected chi connectivity index (χ1v) is 8.17. The SMILES string of the molecule is CC(C)c1ncc(-c2c(C#N)c(N)nc3c2CCc2[nH]ncc2-3)cn1. The molecule has 0 aliphatic heterocycles. The molecule has 3 aromatic rings. The molecule has 0 saturated carbocycles. The Hall–Kier alpha value is -3.27. The summed E-state index contributed by atoms with van der Waals surface area (Å²) in [7, 11) is 0. The Kier molecular flexibility index (Phi) is 3.46. The van der Waals surface area contributed by atoms with Gasteiger partial charge < -0.3 is 5.73 Å². The summed E-state index contributed by atoms with van der Waals surface area (Å²) in [5.41, 5.74) is 11.8. The fraction of sp³-hybridized carbons (Fsp3) is 0.278. The minimum Gasteiger partial charge on any atom is -0.383 e. The Labute approximate surface area is 145 Å². The molecule has 4 rings (SSSR count). The number of hydrogen-bond acceptors (Lipinski definition) is 6. The molecule has 0 bridgehead atoms. The highest BCUT2D eigenvalue weighted by Gasteiger charge is 2.26. The molecule has 0 unspecified atom stereocenters. The van der Waals surface area contributed by atoms with Crippen molar-refractivity contribution < 1.29 is 0 Å². The Morgan fingerprint density at radius 1 is 1.20 bits per heavy atom. The van der Waals surface area contributed by atoms with Crippen LogP contribution in [0.1, 0.15) is 42.4 Å². The number of aromatic nitrogens is 5. The van der Waals surface area contributed by atoms with Gasteiger partial charge in [0.25, 0.3) is 0 Å². The number of nitrogen functional groups attached to an aromatic ring is 1. The van der Waals surface area contributed by atoms with Gasteiger partial charge in [0.05, 0.1) is 11.9 Å². The molecule has 1 aliphatic rings. The number of hydrogen-bond donors (Lipinski definition) is 2. The van der Waals surface area contributed by atoms with E-state index < -0.39 is 0 Å². The number of H-pyrrole nitrogens is 1. The minimum atomic E-state index is 0.221. The summed E-state index contributed by atoms with van der Waals surface area (Å²) in [6, 6.07) is 2.20. The van der Waals surface area contributed by atoms with Gasteiger partial charge in [-0.2, -0.15) is 10.4 Å². The summed E-state index contributed by atoms with van der Waals surface area (Å²) in [4.78, 5) is 13.4. The van der Waals surface area contributed by atoms with Gasteiger partial charge >= 0.3 is 0 Å². The van der Waals surface area contributed by atoms with E-state index in [4.69, 9.17) is 5.73 Å². The number of nitrogens with two attached hydrogens (primary N) is 1. The third kappa shape index (κ3) is 2.34. The molecule has 0 radical (unpaired) electrons. The van der Waals surface area contributed by atoms with E-state index in [1.165, 1.54) is 0 Å². The first-order valence-electron chi connectivity index (χ1n) is 8.17. The summed E-state index contributed by atoms with van der Waals surface area (Å²) < 4.78 is 0. The van der Waals surface area contributed by atoms with E-state index in [9.17, 15) is 5.26 Å². The van der Waals surface area contributed by atoms with Crippen LogP contribution in [0.3, 0.4) is 0 Å². The highest BCUT2D eigenvalue weighted by Crippen LogP contribution is 2.40. The van der Waals surface area contributed by atoms with E-state index in [2.05, 4.69) is 31.2 Å². The zero-order chi connectivity index (χ0) is 17.6. The third-order valence-electron chi connectivity index (χ3n) is 4.51. The molecule has 0 spiro atoms. The van der Waals surface area contributed by atoms with Crippen LogP contribution in [0.4, 0.5) is 5.82 Å². The Balaban J connectivity index is 1.97. The molecule has 3 N–H and O–H groups in total. The maximum Gasteiger partial charge on any atom is 0.142 e. The fourth-order valence-corrected chi connectivity index (χ4v) is 3.26. The van der Waals surface area contributed by atoms with Crippen molar-refractivity contribution >= 4 is 5.82 Å². The first kappa shape index (κ1) is 15.3. The standard InChI is InChI=1S/C18H17N7/c1-9(2)18-21-6-10(7-22-18)15-11-3-4-14-13(8-23-25-14)16(11)24-17(20)12(15)5-19/h6-9H,3-4H2,1-2H3,(H2,20,24)(H,23,25). The first-order chi connectivity index (χ1) is 12.1. The molecule has 3 heterocycles. The van der Waals surface area contributed by atoms with Crippen LogP contribution in [-0.2, 0) is 12.8 Å². The van der Waals surface area contributed by atoms with Crippen molar-refractivity contribution in [1.82, 2.24) is 25.1 Å². The van der Waals surface area contributed by atoms with Gasteiger partial charge in [0.1, 0.15) is 23.3 Å². The number of aryl methyl sites for hydroxylation is 1. The van der Waals surface area contributed by atoms with E-state index in [0.29, 0.717) is 5.56 Å². The predicted octanol–water partition coefficient (Wildman–Crippen LogP) is 2.60. The largest absolute Gasteiger partial charge is 0.383 e. The number of nitrogens with one attached hydrogen (secondary N) is 1. The van der Waals surface area contributed by atoms with Crippen molar-refractivity contribution in [3.8, 4) is 28.5 Å². The molecule has 7 heteroatoms. The van der Waals surface area contributed by atoms with Gasteiger partial charge in [-0.05, 0) is 18.4 Å². The molecule has 0 amide bonds.